The molecule has 6 heteroatoms. The van der Waals surface area contributed by atoms with Gasteiger partial charge in [-0.15, -0.1) is 0 Å². The molecule has 1 aliphatic heterocycles. The van der Waals surface area contributed by atoms with Crippen LogP contribution in [-0.4, -0.2) is 56.5 Å². The molecule has 1 saturated heterocycles. The molecule has 30 heavy (non-hydrogen) atoms. The van der Waals surface area contributed by atoms with E-state index in [4.69, 9.17) is 4.74 Å². The number of nitrogens with zero attached hydrogens (tertiary/aromatic N) is 1. The molecule has 0 aliphatic carbocycles. The van der Waals surface area contributed by atoms with E-state index in [1.807, 2.05) is 67.3 Å². The van der Waals surface area contributed by atoms with Crippen molar-refractivity contribution in [2.45, 2.75) is 13.8 Å². The van der Waals surface area contributed by atoms with Crippen molar-refractivity contribution in [2.24, 2.45) is 0 Å². The highest BCUT2D eigenvalue weighted by Crippen LogP contribution is 2.19. The van der Waals surface area contributed by atoms with Gasteiger partial charge in [0.25, 0.3) is 5.91 Å². The zero-order valence-corrected chi connectivity index (χ0v) is 17.9. The van der Waals surface area contributed by atoms with Crippen molar-refractivity contribution in [3.05, 3.63) is 65.2 Å². The average molecular weight is 409 g/mol. The average Bonchev–Trinajstić information content (AvgIpc) is 2.75. The molecule has 1 fully saturated rings. The van der Waals surface area contributed by atoms with Crippen molar-refractivity contribution in [3.63, 3.8) is 0 Å². The summed E-state index contributed by atoms with van der Waals surface area (Å²) in [5.41, 5.74) is 3.99. The molecule has 1 aliphatic rings. The Labute approximate surface area is 178 Å². The number of carbonyl (C=O) groups is 2. The predicted molar refractivity (Wildman–Crippen MR) is 119 cm³/mol. The number of aryl methyl sites for hydroxylation is 2. The van der Waals surface area contributed by atoms with Gasteiger partial charge in [-0.3, -0.25) is 9.59 Å². The minimum absolute atomic E-state index is 0.00450. The van der Waals surface area contributed by atoms with Crippen LogP contribution in [0.15, 0.2) is 48.5 Å². The molecule has 158 valence electrons. The Bertz CT molecular complexity index is 894. The van der Waals surface area contributed by atoms with Crippen LogP contribution in [0.2, 0.25) is 0 Å². The van der Waals surface area contributed by atoms with E-state index in [1.54, 1.807) is 13.2 Å². The smallest absolute Gasteiger partial charge is 0.279 e. The third kappa shape index (κ3) is 5.70. The Balaban J connectivity index is 1.46. The molecule has 0 radical (unpaired) electrons. The minimum Gasteiger partial charge on any atom is -0.497 e. The monoisotopic (exact) mass is 408 g/mol. The molecular formula is C24H30N3O3+. The Hall–Kier alpha value is -3.12. The van der Waals surface area contributed by atoms with E-state index >= 15 is 0 Å². The van der Waals surface area contributed by atoms with Crippen LogP contribution in [0, 0.1) is 13.8 Å². The number of quaternary nitrogens is 1. The van der Waals surface area contributed by atoms with Gasteiger partial charge in [-0.1, -0.05) is 30.3 Å². The maximum absolute atomic E-state index is 12.5. The molecule has 3 rings (SSSR count). The van der Waals surface area contributed by atoms with Gasteiger partial charge >= 0.3 is 0 Å². The van der Waals surface area contributed by atoms with Crippen LogP contribution >= 0.6 is 0 Å². The number of piperazine rings is 1. The van der Waals surface area contributed by atoms with E-state index in [9.17, 15) is 9.59 Å². The fourth-order valence-corrected chi connectivity index (χ4v) is 3.63. The standard InChI is InChI=1S/C24H29N3O3/c1-18-5-4-6-19(2)24(18)25-22(28)17-26-13-15-27(16-14-26)23(29)12-9-20-7-10-21(30-3)11-8-20/h4-12H,13-17H2,1-3H3,(H,25,28)/p+1/b12-9+. The molecule has 2 N–H and O–H groups in total. The number of anilines is 1. The van der Waals surface area contributed by atoms with Crippen molar-refractivity contribution in [2.75, 3.05) is 45.2 Å². The molecule has 0 unspecified atom stereocenters. The number of ether oxygens (including phenoxy) is 1. The lowest BCUT2D eigenvalue weighted by atomic mass is 10.1. The van der Waals surface area contributed by atoms with Gasteiger partial charge in [0.2, 0.25) is 5.91 Å². The fraction of sp³-hybridized carbons (Fsp3) is 0.333. The third-order valence-electron chi connectivity index (χ3n) is 5.47. The number of nitrogens with one attached hydrogen (secondary N) is 2. The molecule has 2 aromatic rings. The lowest BCUT2D eigenvalue weighted by Crippen LogP contribution is -3.15. The van der Waals surface area contributed by atoms with Crippen molar-refractivity contribution in [3.8, 4) is 5.75 Å². The number of para-hydroxylation sites is 1. The Morgan fingerprint density at radius 1 is 1.07 bits per heavy atom. The summed E-state index contributed by atoms with van der Waals surface area (Å²) >= 11 is 0. The molecule has 0 aromatic heterocycles. The van der Waals surface area contributed by atoms with E-state index in [0.717, 1.165) is 41.2 Å². The second kappa shape index (κ2) is 10.1. The SMILES string of the molecule is COc1ccc(/C=C/C(=O)N2CC[NH+](CC(=O)Nc3c(C)cccc3C)CC2)cc1. The number of amides is 2. The molecule has 0 spiro atoms. The van der Waals surface area contributed by atoms with Crippen LogP contribution in [0.5, 0.6) is 5.75 Å². The van der Waals surface area contributed by atoms with Crippen molar-refractivity contribution in [1.29, 1.82) is 0 Å². The number of hydrogen-bond donors (Lipinski definition) is 2. The Morgan fingerprint density at radius 2 is 1.70 bits per heavy atom. The van der Waals surface area contributed by atoms with E-state index in [2.05, 4.69) is 5.32 Å². The number of carbonyl (C=O) groups excluding carboxylic acids is 2. The van der Waals surface area contributed by atoms with E-state index in [1.165, 1.54) is 4.90 Å². The first kappa shape index (κ1) is 21.6. The fourth-order valence-electron chi connectivity index (χ4n) is 3.63. The van der Waals surface area contributed by atoms with Crippen LogP contribution < -0.4 is 15.0 Å². The van der Waals surface area contributed by atoms with E-state index in [-0.39, 0.29) is 11.8 Å². The molecule has 2 aromatic carbocycles. The number of rotatable bonds is 6. The molecule has 6 nitrogen and oxygen atoms in total. The summed E-state index contributed by atoms with van der Waals surface area (Å²) in [6.45, 7) is 7.25. The summed E-state index contributed by atoms with van der Waals surface area (Å²) in [5.74, 6) is 0.811. The summed E-state index contributed by atoms with van der Waals surface area (Å²) in [5, 5.41) is 3.05. The van der Waals surface area contributed by atoms with Gasteiger partial charge in [-0.05, 0) is 48.7 Å². The zero-order chi connectivity index (χ0) is 21.5. The molecule has 2 amide bonds. The van der Waals surface area contributed by atoms with Crippen molar-refractivity contribution >= 4 is 23.6 Å². The number of methoxy groups -OCH3 is 1. The third-order valence-corrected chi connectivity index (χ3v) is 5.47. The first-order valence-corrected chi connectivity index (χ1v) is 10.3. The van der Waals surface area contributed by atoms with Crippen LogP contribution in [0.4, 0.5) is 5.69 Å². The molecule has 0 atom stereocenters. The van der Waals surface area contributed by atoms with Crippen LogP contribution in [0.25, 0.3) is 6.08 Å². The van der Waals surface area contributed by atoms with Gasteiger partial charge in [0, 0.05) is 11.8 Å². The predicted octanol–water partition coefficient (Wildman–Crippen LogP) is 1.69. The van der Waals surface area contributed by atoms with Gasteiger partial charge < -0.3 is 19.9 Å². The lowest BCUT2D eigenvalue weighted by Gasteiger charge is -2.31. The molecular weight excluding hydrogens is 378 g/mol. The van der Waals surface area contributed by atoms with Crippen LogP contribution in [0.3, 0.4) is 0 Å². The Kier molecular flexibility index (Phi) is 7.25. The van der Waals surface area contributed by atoms with Gasteiger partial charge in [-0.25, -0.2) is 0 Å². The first-order valence-electron chi connectivity index (χ1n) is 10.3. The summed E-state index contributed by atoms with van der Waals surface area (Å²) in [6, 6.07) is 13.6. The van der Waals surface area contributed by atoms with Gasteiger partial charge in [0.05, 0.1) is 33.3 Å². The largest absolute Gasteiger partial charge is 0.497 e. The summed E-state index contributed by atoms with van der Waals surface area (Å²) in [6.07, 6.45) is 3.43. The Morgan fingerprint density at radius 3 is 2.30 bits per heavy atom. The van der Waals surface area contributed by atoms with E-state index in [0.29, 0.717) is 19.6 Å². The number of benzene rings is 2. The van der Waals surface area contributed by atoms with Crippen molar-refractivity contribution < 1.29 is 19.2 Å². The highest BCUT2D eigenvalue weighted by molar-refractivity contribution is 5.93. The first-order chi connectivity index (χ1) is 14.5. The highest BCUT2D eigenvalue weighted by atomic mass is 16.5. The molecule has 0 saturated carbocycles. The van der Waals surface area contributed by atoms with Gasteiger partial charge in [0.15, 0.2) is 6.54 Å². The minimum atomic E-state index is 0.00450. The molecule has 1 heterocycles. The summed E-state index contributed by atoms with van der Waals surface area (Å²) in [4.78, 5) is 28.0. The van der Waals surface area contributed by atoms with Gasteiger partial charge in [0.1, 0.15) is 5.75 Å². The van der Waals surface area contributed by atoms with Gasteiger partial charge in [-0.2, -0.15) is 0 Å². The summed E-state index contributed by atoms with van der Waals surface area (Å²) in [7, 11) is 1.63. The topological polar surface area (TPSA) is 63.1 Å². The second-order valence-electron chi connectivity index (χ2n) is 7.67. The number of hydrogen-bond acceptors (Lipinski definition) is 3. The highest BCUT2D eigenvalue weighted by Gasteiger charge is 2.24. The van der Waals surface area contributed by atoms with Crippen molar-refractivity contribution in [1.82, 2.24) is 4.90 Å². The maximum Gasteiger partial charge on any atom is 0.279 e. The molecule has 0 bridgehead atoms. The normalized spacial score (nSPS) is 14.7. The lowest BCUT2D eigenvalue weighted by molar-refractivity contribution is -0.895. The quantitative estimate of drug-likeness (QED) is 0.715. The van der Waals surface area contributed by atoms with E-state index < -0.39 is 0 Å². The zero-order valence-electron chi connectivity index (χ0n) is 17.9. The summed E-state index contributed by atoms with van der Waals surface area (Å²) < 4.78 is 5.14. The maximum atomic E-state index is 12.5. The van der Waals surface area contributed by atoms with Crippen LogP contribution in [-0.2, 0) is 9.59 Å². The van der Waals surface area contributed by atoms with Crippen LogP contribution in [0.1, 0.15) is 16.7 Å². The second-order valence-corrected chi connectivity index (χ2v) is 7.67.